The Hall–Kier alpha value is -6.52. The zero-order valence-corrected chi connectivity index (χ0v) is 27.0. The van der Waals surface area contributed by atoms with Gasteiger partial charge in [0.2, 0.25) is 0 Å². The Morgan fingerprint density at radius 2 is 0.816 bits per heavy atom. The van der Waals surface area contributed by atoms with Crippen molar-refractivity contribution < 1.29 is 0 Å². The highest BCUT2D eigenvalue weighted by molar-refractivity contribution is 5.87. The molecule has 0 fully saturated rings. The molecule has 0 saturated carbocycles. The monoisotopic (exact) mass is 630 g/mol. The molecule has 234 valence electrons. The number of benzene rings is 6. The third kappa shape index (κ3) is 6.28. The summed E-state index contributed by atoms with van der Waals surface area (Å²) < 4.78 is 0. The van der Waals surface area contributed by atoms with Crippen molar-refractivity contribution in [2.45, 2.75) is 6.42 Å². The van der Waals surface area contributed by atoms with Gasteiger partial charge in [0, 0.05) is 45.3 Å². The van der Waals surface area contributed by atoms with Crippen molar-refractivity contribution in [1.82, 2.24) is 9.97 Å². The predicted octanol–water partition coefficient (Wildman–Crippen LogP) is 12.0. The maximum absolute atomic E-state index is 5.11. The summed E-state index contributed by atoms with van der Waals surface area (Å²) >= 11 is 0. The van der Waals surface area contributed by atoms with Crippen LogP contribution in [0, 0.1) is 0 Å². The number of hydrogen-bond donors (Lipinski definition) is 0. The van der Waals surface area contributed by atoms with Gasteiger partial charge in [-0.25, -0.2) is 9.97 Å². The number of anilines is 5. The Bertz CT molecular complexity index is 2270. The molecule has 0 saturated heterocycles. The maximum atomic E-state index is 5.11. The van der Waals surface area contributed by atoms with Crippen LogP contribution in [0.25, 0.3) is 33.5 Å². The number of fused-ring (bicyclic) bond motifs is 1. The number of aromatic nitrogens is 2. The van der Waals surface area contributed by atoms with E-state index in [-0.39, 0.29) is 0 Å². The summed E-state index contributed by atoms with van der Waals surface area (Å²) in [6.07, 6.45) is 11.7. The van der Waals surface area contributed by atoms with Gasteiger partial charge in [-0.05, 0) is 85.3 Å². The van der Waals surface area contributed by atoms with E-state index in [0.717, 1.165) is 74.1 Å². The average Bonchev–Trinajstić information content (AvgIpc) is 3.46. The SMILES string of the molecule is C1=CCC=C(N(c2ccccc2)c2ccc(N(c3ccccc3)c3ccc(-c4nc5ccccc5nc4-c4ccccc4)cc3)cc2)C=C1. The lowest BCUT2D eigenvalue weighted by molar-refractivity contribution is 1.18. The van der Waals surface area contributed by atoms with Crippen molar-refractivity contribution >= 4 is 39.5 Å². The van der Waals surface area contributed by atoms with Gasteiger partial charge in [-0.1, -0.05) is 115 Å². The second-order valence-electron chi connectivity index (χ2n) is 11.8. The third-order valence-electron chi connectivity index (χ3n) is 8.65. The summed E-state index contributed by atoms with van der Waals surface area (Å²) in [6, 6.07) is 56.9. The molecule has 1 aromatic heterocycles. The summed E-state index contributed by atoms with van der Waals surface area (Å²) in [5.74, 6) is 0. The molecule has 0 spiro atoms. The Labute approximate surface area is 287 Å². The molecule has 7 aromatic rings. The summed E-state index contributed by atoms with van der Waals surface area (Å²) in [6.45, 7) is 0. The molecule has 6 aromatic carbocycles. The van der Waals surface area contributed by atoms with Gasteiger partial charge in [0.1, 0.15) is 0 Å². The van der Waals surface area contributed by atoms with E-state index in [2.05, 4.69) is 162 Å². The summed E-state index contributed by atoms with van der Waals surface area (Å²) in [4.78, 5) is 14.8. The fraction of sp³-hybridized carbons (Fsp3) is 0.0222. The van der Waals surface area contributed by atoms with Crippen LogP contribution in [0.3, 0.4) is 0 Å². The first-order chi connectivity index (χ1) is 24.3. The zero-order valence-electron chi connectivity index (χ0n) is 27.0. The minimum Gasteiger partial charge on any atom is -0.311 e. The maximum Gasteiger partial charge on any atom is 0.0973 e. The van der Waals surface area contributed by atoms with Crippen molar-refractivity contribution in [3.8, 4) is 22.5 Å². The highest BCUT2D eigenvalue weighted by Gasteiger charge is 2.18. The Kier molecular flexibility index (Phi) is 8.34. The molecule has 49 heavy (non-hydrogen) atoms. The Balaban J connectivity index is 1.18. The first-order valence-electron chi connectivity index (χ1n) is 16.6. The van der Waals surface area contributed by atoms with Gasteiger partial charge in [0.25, 0.3) is 0 Å². The molecule has 0 amide bonds. The first-order valence-corrected chi connectivity index (χ1v) is 16.6. The number of hydrogen-bond acceptors (Lipinski definition) is 4. The summed E-state index contributed by atoms with van der Waals surface area (Å²) in [5, 5.41) is 0. The number of allylic oxidation sites excluding steroid dienone is 5. The highest BCUT2D eigenvalue weighted by Crippen LogP contribution is 2.39. The molecule has 0 unspecified atom stereocenters. The Morgan fingerprint density at radius 3 is 1.39 bits per heavy atom. The lowest BCUT2D eigenvalue weighted by Gasteiger charge is -2.29. The third-order valence-corrected chi connectivity index (χ3v) is 8.65. The smallest absolute Gasteiger partial charge is 0.0973 e. The first kappa shape index (κ1) is 29.9. The van der Waals surface area contributed by atoms with Crippen molar-refractivity contribution in [2.24, 2.45) is 0 Å². The van der Waals surface area contributed by atoms with E-state index >= 15 is 0 Å². The normalized spacial score (nSPS) is 12.4. The molecule has 0 aliphatic heterocycles. The van der Waals surface area contributed by atoms with Crippen LogP contribution >= 0.6 is 0 Å². The molecule has 0 atom stereocenters. The van der Waals surface area contributed by atoms with E-state index in [1.54, 1.807) is 0 Å². The average molecular weight is 631 g/mol. The lowest BCUT2D eigenvalue weighted by atomic mass is 10.0. The molecule has 0 N–H and O–H groups in total. The number of rotatable bonds is 8. The Morgan fingerprint density at radius 1 is 0.388 bits per heavy atom. The van der Waals surface area contributed by atoms with Crippen molar-refractivity contribution in [3.63, 3.8) is 0 Å². The highest BCUT2D eigenvalue weighted by atomic mass is 15.2. The van der Waals surface area contributed by atoms with E-state index in [4.69, 9.17) is 9.97 Å². The molecule has 0 bridgehead atoms. The molecule has 1 aliphatic carbocycles. The topological polar surface area (TPSA) is 32.3 Å². The van der Waals surface area contributed by atoms with Crippen molar-refractivity contribution in [3.05, 3.63) is 200 Å². The standard InChI is InChI=1S/C45H34N4/c1-2-9-19-36(18-8-1)48(37-20-10-4-11-21-37)40-30-32-41(33-31-40)49(38-22-12-5-13-23-38)39-28-26-35(27-29-39)45-44(34-16-6-3-7-17-34)46-42-24-14-15-25-43(42)47-45/h1-8,10-33H,9H2. The van der Waals surface area contributed by atoms with Crippen LogP contribution in [0.4, 0.5) is 28.4 Å². The van der Waals surface area contributed by atoms with Gasteiger partial charge in [-0.3, -0.25) is 0 Å². The van der Waals surface area contributed by atoms with Crippen molar-refractivity contribution in [1.29, 1.82) is 0 Å². The van der Waals surface area contributed by atoms with E-state index in [0.29, 0.717) is 0 Å². The summed E-state index contributed by atoms with van der Waals surface area (Å²) in [7, 11) is 0. The van der Waals surface area contributed by atoms with Crippen LogP contribution in [-0.4, -0.2) is 9.97 Å². The van der Waals surface area contributed by atoms with E-state index in [1.807, 2.05) is 42.5 Å². The van der Waals surface area contributed by atoms with Crippen LogP contribution < -0.4 is 9.80 Å². The van der Waals surface area contributed by atoms with Crippen LogP contribution in [-0.2, 0) is 0 Å². The molecular weight excluding hydrogens is 597 g/mol. The second-order valence-corrected chi connectivity index (χ2v) is 11.8. The second kappa shape index (κ2) is 13.7. The van der Waals surface area contributed by atoms with Crippen molar-refractivity contribution in [2.75, 3.05) is 9.80 Å². The minimum atomic E-state index is 0.866. The molecule has 0 radical (unpaired) electrons. The molecule has 1 aliphatic rings. The van der Waals surface area contributed by atoms with Gasteiger partial charge in [-0.15, -0.1) is 0 Å². The number of para-hydroxylation sites is 4. The molecular formula is C45H34N4. The fourth-order valence-electron chi connectivity index (χ4n) is 6.30. The molecule has 1 heterocycles. The zero-order chi connectivity index (χ0) is 32.8. The van der Waals surface area contributed by atoms with Gasteiger partial charge in [0.05, 0.1) is 22.4 Å². The van der Waals surface area contributed by atoms with Gasteiger partial charge >= 0.3 is 0 Å². The van der Waals surface area contributed by atoms with Gasteiger partial charge < -0.3 is 9.80 Å². The summed E-state index contributed by atoms with van der Waals surface area (Å²) in [5.41, 5.74) is 12.1. The number of nitrogens with zero attached hydrogens (tertiary/aromatic N) is 4. The van der Waals surface area contributed by atoms with Crippen LogP contribution in [0.2, 0.25) is 0 Å². The largest absolute Gasteiger partial charge is 0.311 e. The molecule has 4 heteroatoms. The fourth-order valence-corrected chi connectivity index (χ4v) is 6.30. The van der Waals surface area contributed by atoms with Gasteiger partial charge in [-0.2, -0.15) is 0 Å². The lowest BCUT2D eigenvalue weighted by Crippen LogP contribution is -2.15. The van der Waals surface area contributed by atoms with E-state index in [1.165, 1.54) is 0 Å². The van der Waals surface area contributed by atoms with Gasteiger partial charge in [0.15, 0.2) is 0 Å². The van der Waals surface area contributed by atoms with Crippen LogP contribution in [0.1, 0.15) is 6.42 Å². The molecule has 4 nitrogen and oxygen atoms in total. The quantitative estimate of drug-likeness (QED) is 0.167. The van der Waals surface area contributed by atoms with Crippen LogP contribution in [0.5, 0.6) is 0 Å². The predicted molar refractivity (Wildman–Crippen MR) is 205 cm³/mol. The van der Waals surface area contributed by atoms with E-state index < -0.39 is 0 Å². The minimum absolute atomic E-state index is 0.866. The van der Waals surface area contributed by atoms with Crippen LogP contribution in [0.15, 0.2) is 200 Å². The van der Waals surface area contributed by atoms with E-state index in [9.17, 15) is 0 Å². The molecule has 8 rings (SSSR count).